The van der Waals surface area contributed by atoms with Crippen molar-refractivity contribution in [3.05, 3.63) is 12.3 Å². The van der Waals surface area contributed by atoms with Gasteiger partial charge in [-0.05, 0) is 25.9 Å². The van der Waals surface area contributed by atoms with Crippen molar-refractivity contribution in [2.24, 2.45) is 0 Å². The normalized spacial score (nSPS) is 16.8. The standard InChI is InChI=1S/C7H11N3O.C2HF3O2/c1-3-8-4-2-6(1)7-10-9-5-11-7;3-2(4,5)1(6)7/h5-6,8H,1-4H2;(H,6,7). The van der Waals surface area contributed by atoms with E-state index in [0.29, 0.717) is 5.92 Å². The second kappa shape index (κ2) is 6.34. The van der Waals surface area contributed by atoms with E-state index in [9.17, 15) is 13.2 Å². The Morgan fingerprint density at radius 1 is 1.44 bits per heavy atom. The van der Waals surface area contributed by atoms with Gasteiger partial charge in [0.2, 0.25) is 12.3 Å². The first-order chi connectivity index (χ1) is 8.41. The van der Waals surface area contributed by atoms with E-state index in [-0.39, 0.29) is 0 Å². The molecule has 0 aromatic carbocycles. The molecule has 2 heterocycles. The number of hydrogen-bond acceptors (Lipinski definition) is 5. The van der Waals surface area contributed by atoms with E-state index in [0.717, 1.165) is 31.8 Å². The van der Waals surface area contributed by atoms with E-state index in [1.54, 1.807) is 0 Å². The van der Waals surface area contributed by atoms with E-state index in [4.69, 9.17) is 14.3 Å². The molecule has 1 saturated heterocycles. The van der Waals surface area contributed by atoms with Gasteiger partial charge in [-0.1, -0.05) is 0 Å². The zero-order chi connectivity index (χ0) is 13.6. The van der Waals surface area contributed by atoms with E-state index in [1.165, 1.54) is 6.39 Å². The van der Waals surface area contributed by atoms with E-state index in [2.05, 4.69) is 15.5 Å². The first kappa shape index (κ1) is 14.4. The van der Waals surface area contributed by atoms with Crippen LogP contribution in [0.15, 0.2) is 10.8 Å². The molecule has 0 aliphatic carbocycles. The number of carboxylic acid groups (broad SMARTS) is 1. The molecular formula is C9H12F3N3O3. The van der Waals surface area contributed by atoms with Crippen LogP contribution >= 0.6 is 0 Å². The molecule has 1 aliphatic rings. The third-order valence-corrected chi connectivity index (χ3v) is 2.31. The minimum absolute atomic E-state index is 0.485. The van der Waals surface area contributed by atoms with Crippen LogP contribution in [0.25, 0.3) is 0 Å². The summed E-state index contributed by atoms with van der Waals surface area (Å²) in [5.74, 6) is -1.47. The molecule has 0 radical (unpaired) electrons. The maximum absolute atomic E-state index is 10.6. The fourth-order valence-electron chi connectivity index (χ4n) is 1.43. The number of carboxylic acids is 1. The Bertz CT molecular complexity index is 361. The van der Waals surface area contributed by atoms with Gasteiger partial charge in [-0.2, -0.15) is 13.2 Å². The Morgan fingerprint density at radius 2 is 2.00 bits per heavy atom. The van der Waals surface area contributed by atoms with E-state index >= 15 is 0 Å². The summed E-state index contributed by atoms with van der Waals surface area (Å²) in [6.45, 7) is 2.13. The number of carbonyl (C=O) groups is 1. The molecule has 0 bridgehead atoms. The van der Waals surface area contributed by atoms with Crippen molar-refractivity contribution in [2.45, 2.75) is 24.9 Å². The molecule has 1 aromatic heterocycles. The molecule has 1 aliphatic heterocycles. The van der Waals surface area contributed by atoms with Crippen molar-refractivity contribution >= 4 is 5.97 Å². The summed E-state index contributed by atoms with van der Waals surface area (Å²) in [5, 5.41) is 18.0. The Kier molecular flexibility index (Phi) is 5.08. The molecule has 2 rings (SSSR count). The highest BCUT2D eigenvalue weighted by atomic mass is 19.4. The van der Waals surface area contributed by atoms with E-state index < -0.39 is 12.1 Å². The fraction of sp³-hybridized carbons (Fsp3) is 0.667. The van der Waals surface area contributed by atoms with Crippen LogP contribution in [-0.2, 0) is 4.79 Å². The third-order valence-electron chi connectivity index (χ3n) is 2.31. The summed E-state index contributed by atoms with van der Waals surface area (Å²) in [7, 11) is 0. The van der Waals surface area contributed by atoms with Crippen molar-refractivity contribution in [1.29, 1.82) is 0 Å². The topological polar surface area (TPSA) is 88.2 Å². The number of halogens is 3. The molecule has 0 amide bonds. The molecule has 9 heteroatoms. The van der Waals surface area contributed by atoms with Crippen molar-refractivity contribution in [2.75, 3.05) is 13.1 Å². The van der Waals surface area contributed by atoms with Crippen LogP contribution in [-0.4, -0.2) is 40.5 Å². The number of aromatic nitrogens is 2. The first-order valence-corrected chi connectivity index (χ1v) is 5.18. The van der Waals surface area contributed by atoms with Crippen molar-refractivity contribution in [1.82, 2.24) is 15.5 Å². The summed E-state index contributed by atoms with van der Waals surface area (Å²) in [5.41, 5.74) is 0. The van der Waals surface area contributed by atoms with Gasteiger partial charge in [-0.15, -0.1) is 10.2 Å². The first-order valence-electron chi connectivity index (χ1n) is 5.18. The van der Waals surface area contributed by atoms with Crippen LogP contribution in [0.5, 0.6) is 0 Å². The second-order valence-corrected chi connectivity index (χ2v) is 3.60. The van der Waals surface area contributed by atoms with Gasteiger partial charge in [0.1, 0.15) is 0 Å². The Balaban J connectivity index is 0.000000203. The number of hydrogen-bond donors (Lipinski definition) is 2. The summed E-state index contributed by atoms with van der Waals surface area (Å²) in [4.78, 5) is 8.90. The molecule has 102 valence electrons. The van der Waals surface area contributed by atoms with Gasteiger partial charge in [-0.25, -0.2) is 4.79 Å². The number of piperidine rings is 1. The van der Waals surface area contributed by atoms with Crippen molar-refractivity contribution in [3.8, 4) is 0 Å². The highest BCUT2D eigenvalue weighted by Crippen LogP contribution is 2.22. The average molecular weight is 267 g/mol. The lowest BCUT2D eigenvalue weighted by Crippen LogP contribution is -2.26. The summed E-state index contributed by atoms with van der Waals surface area (Å²) >= 11 is 0. The molecule has 0 saturated carbocycles. The molecule has 1 aromatic rings. The van der Waals surface area contributed by atoms with Crippen molar-refractivity contribution in [3.63, 3.8) is 0 Å². The van der Waals surface area contributed by atoms with Gasteiger partial charge in [0, 0.05) is 5.92 Å². The molecule has 6 nitrogen and oxygen atoms in total. The summed E-state index contributed by atoms with van der Waals surface area (Å²) < 4.78 is 36.9. The highest BCUT2D eigenvalue weighted by Gasteiger charge is 2.38. The highest BCUT2D eigenvalue weighted by molar-refractivity contribution is 5.73. The quantitative estimate of drug-likeness (QED) is 0.794. The lowest BCUT2D eigenvalue weighted by atomic mass is 9.98. The van der Waals surface area contributed by atoms with Gasteiger partial charge < -0.3 is 14.8 Å². The number of nitrogens with zero attached hydrogens (tertiary/aromatic N) is 2. The molecule has 2 N–H and O–H groups in total. The maximum Gasteiger partial charge on any atom is 0.490 e. The minimum atomic E-state index is -5.08. The minimum Gasteiger partial charge on any atom is -0.475 e. The Hall–Kier alpha value is -1.64. The summed E-state index contributed by atoms with van der Waals surface area (Å²) in [6.07, 6.45) is -1.46. The second-order valence-electron chi connectivity index (χ2n) is 3.60. The van der Waals surface area contributed by atoms with Gasteiger partial charge in [0.25, 0.3) is 0 Å². The molecule has 0 unspecified atom stereocenters. The fourth-order valence-corrected chi connectivity index (χ4v) is 1.43. The van der Waals surface area contributed by atoms with Crippen LogP contribution in [0.3, 0.4) is 0 Å². The molecule has 1 fully saturated rings. The van der Waals surface area contributed by atoms with Gasteiger partial charge in [0.05, 0.1) is 0 Å². The zero-order valence-electron chi connectivity index (χ0n) is 9.28. The number of rotatable bonds is 1. The molecular weight excluding hydrogens is 255 g/mol. The third kappa shape index (κ3) is 4.70. The van der Waals surface area contributed by atoms with Crippen LogP contribution in [0.4, 0.5) is 13.2 Å². The van der Waals surface area contributed by atoms with Gasteiger partial charge in [0.15, 0.2) is 0 Å². The van der Waals surface area contributed by atoms with Crippen LogP contribution in [0.1, 0.15) is 24.7 Å². The molecule has 0 spiro atoms. The van der Waals surface area contributed by atoms with Gasteiger partial charge in [-0.3, -0.25) is 0 Å². The smallest absolute Gasteiger partial charge is 0.475 e. The number of nitrogens with one attached hydrogen (secondary N) is 1. The van der Waals surface area contributed by atoms with Crippen LogP contribution in [0.2, 0.25) is 0 Å². The lowest BCUT2D eigenvalue weighted by molar-refractivity contribution is -0.192. The lowest BCUT2D eigenvalue weighted by Gasteiger charge is -2.18. The predicted molar refractivity (Wildman–Crippen MR) is 52.8 cm³/mol. The largest absolute Gasteiger partial charge is 0.490 e. The SMILES string of the molecule is O=C(O)C(F)(F)F.c1nnc(C2CCNCC2)o1. The van der Waals surface area contributed by atoms with Crippen molar-refractivity contribution < 1.29 is 27.5 Å². The number of aliphatic carboxylic acids is 1. The predicted octanol–water partition coefficient (Wildman–Crippen LogP) is 1.17. The van der Waals surface area contributed by atoms with Crippen LogP contribution < -0.4 is 5.32 Å². The maximum atomic E-state index is 10.6. The number of alkyl halides is 3. The van der Waals surface area contributed by atoms with Gasteiger partial charge >= 0.3 is 12.1 Å². The Labute approximate surface area is 100 Å². The molecule has 0 atom stereocenters. The van der Waals surface area contributed by atoms with Crippen LogP contribution in [0, 0.1) is 0 Å². The van der Waals surface area contributed by atoms with E-state index in [1.807, 2.05) is 0 Å². The Morgan fingerprint density at radius 3 is 2.39 bits per heavy atom. The summed E-state index contributed by atoms with van der Waals surface area (Å²) in [6, 6.07) is 0. The zero-order valence-corrected chi connectivity index (χ0v) is 9.28. The monoisotopic (exact) mass is 267 g/mol. The average Bonchev–Trinajstić information content (AvgIpc) is 2.83. The molecule has 18 heavy (non-hydrogen) atoms.